The lowest BCUT2D eigenvalue weighted by molar-refractivity contribution is -0.0446. The van der Waals surface area contributed by atoms with Gasteiger partial charge < -0.3 is 14.8 Å². The summed E-state index contributed by atoms with van der Waals surface area (Å²) in [6, 6.07) is 5.10. The molecule has 1 aromatic carbocycles. The van der Waals surface area contributed by atoms with Crippen molar-refractivity contribution in [1.29, 1.82) is 0 Å². The van der Waals surface area contributed by atoms with E-state index in [4.69, 9.17) is 9.47 Å². The second-order valence-corrected chi connectivity index (χ2v) is 6.51. The molecule has 1 fully saturated rings. The standard InChI is InChI=1S/C19H21F2N3O2/c1-2-15-16(18-25-8-9-26-18)17(24-11-23-15)22-10-12-4-3-5-14-13(12)6-7-19(14,20)21/h3-5,11,18H,2,6-10H2,1H3,(H,22,23,24). The van der Waals surface area contributed by atoms with Crippen LogP contribution in [0.1, 0.15) is 47.6 Å². The first-order valence-corrected chi connectivity index (χ1v) is 8.90. The van der Waals surface area contributed by atoms with Gasteiger partial charge in [0.2, 0.25) is 0 Å². The van der Waals surface area contributed by atoms with Crippen molar-refractivity contribution in [3.05, 3.63) is 52.5 Å². The number of fused-ring (bicyclic) bond motifs is 1. The van der Waals surface area contributed by atoms with Crippen molar-refractivity contribution in [3.8, 4) is 0 Å². The highest BCUT2D eigenvalue weighted by Gasteiger charge is 2.39. The third kappa shape index (κ3) is 3.05. The molecule has 0 radical (unpaired) electrons. The van der Waals surface area contributed by atoms with Gasteiger partial charge in [-0.3, -0.25) is 0 Å². The normalized spacial score (nSPS) is 18.9. The zero-order chi connectivity index (χ0) is 18.1. The van der Waals surface area contributed by atoms with Gasteiger partial charge in [-0.25, -0.2) is 18.7 Å². The van der Waals surface area contributed by atoms with Crippen molar-refractivity contribution in [2.24, 2.45) is 0 Å². The van der Waals surface area contributed by atoms with Crippen LogP contribution in [0.25, 0.3) is 0 Å². The van der Waals surface area contributed by atoms with E-state index in [-0.39, 0.29) is 12.0 Å². The van der Waals surface area contributed by atoms with Crippen LogP contribution in [0, 0.1) is 0 Å². The molecule has 138 valence electrons. The van der Waals surface area contributed by atoms with Crippen LogP contribution in [0.15, 0.2) is 24.5 Å². The van der Waals surface area contributed by atoms with Crippen molar-refractivity contribution in [2.45, 2.75) is 44.9 Å². The number of aryl methyl sites for hydroxylation is 1. The maximum atomic E-state index is 14.0. The van der Waals surface area contributed by atoms with Crippen molar-refractivity contribution in [1.82, 2.24) is 9.97 Å². The molecule has 0 unspecified atom stereocenters. The molecule has 1 saturated heterocycles. The Bertz CT molecular complexity index is 807. The second-order valence-electron chi connectivity index (χ2n) is 6.51. The number of hydrogen-bond donors (Lipinski definition) is 1. The number of ether oxygens (including phenoxy) is 2. The summed E-state index contributed by atoms with van der Waals surface area (Å²) >= 11 is 0. The van der Waals surface area contributed by atoms with E-state index >= 15 is 0 Å². The third-order valence-corrected chi connectivity index (χ3v) is 4.96. The van der Waals surface area contributed by atoms with Crippen LogP contribution in [0.3, 0.4) is 0 Å². The molecular weight excluding hydrogens is 340 g/mol. The Morgan fingerprint density at radius 1 is 1.23 bits per heavy atom. The zero-order valence-electron chi connectivity index (χ0n) is 14.6. The summed E-state index contributed by atoms with van der Waals surface area (Å²) in [4.78, 5) is 8.66. The van der Waals surface area contributed by atoms with Crippen molar-refractivity contribution in [3.63, 3.8) is 0 Å². The van der Waals surface area contributed by atoms with Crippen LogP contribution in [0.2, 0.25) is 0 Å². The van der Waals surface area contributed by atoms with Gasteiger partial charge in [0.25, 0.3) is 5.92 Å². The summed E-state index contributed by atoms with van der Waals surface area (Å²) in [5.41, 5.74) is 3.42. The number of benzene rings is 1. The summed E-state index contributed by atoms with van der Waals surface area (Å²) in [5, 5.41) is 3.28. The molecule has 0 saturated carbocycles. The highest BCUT2D eigenvalue weighted by Crippen LogP contribution is 2.43. The summed E-state index contributed by atoms with van der Waals surface area (Å²) in [5.74, 6) is -2.10. The molecule has 2 aromatic rings. The number of nitrogens with one attached hydrogen (secondary N) is 1. The Kier molecular flexibility index (Phi) is 4.58. The third-order valence-electron chi connectivity index (χ3n) is 4.96. The molecular formula is C19H21F2N3O2. The summed E-state index contributed by atoms with van der Waals surface area (Å²) in [7, 11) is 0. The molecule has 4 rings (SSSR count). The average molecular weight is 361 g/mol. The van der Waals surface area contributed by atoms with Gasteiger partial charge in [-0.2, -0.15) is 0 Å². The number of halogens is 2. The minimum Gasteiger partial charge on any atom is -0.365 e. The molecule has 2 heterocycles. The molecule has 1 aliphatic carbocycles. The Morgan fingerprint density at radius 2 is 2.04 bits per heavy atom. The largest absolute Gasteiger partial charge is 0.365 e. The average Bonchev–Trinajstić information content (AvgIpc) is 3.28. The lowest BCUT2D eigenvalue weighted by Crippen LogP contribution is -2.13. The molecule has 2 aliphatic rings. The molecule has 0 bridgehead atoms. The first-order valence-electron chi connectivity index (χ1n) is 8.90. The number of rotatable bonds is 5. The SMILES string of the molecule is CCc1ncnc(NCc2cccc3c2CCC3(F)F)c1C1OCCO1. The van der Waals surface area contributed by atoms with E-state index < -0.39 is 12.2 Å². The van der Waals surface area contributed by atoms with Gasteiger partial charge in [0, 0.05) is 18.5 Å². The fourth-order valence-electron chi connectivity index (χ4n) is 3.66. The highest BCUT2D eigenvalue weighted by atomic mass is 19.3. The maximum Gasteiger partial charge on any atom is 0.273 e. The van der Waals surface area contributed by atoms with Gasteiger partial charge >= 0.3 is 0 Å². The van der Waals surface area contributed by atoms with Crippen LogP contribution >= 0.6 is 0 Å². The molecule has 26 heavy (non-hydrogen) atoms. The van der Waals surface area contributed by atoms with E-state index in [1.165, 1.54) is 12.4 Å². The number of hydrogen-bond acceptors (Lipinski definition) is 5. The van der Waals surface area contributed by atoms with E-state index in [1.54, 1.807) is 6.07 Å². The Hall–Kier alpha value is -2.12. The summed E-state index contributed by atoms with van der Waals surface area (Å²) < 4.78 is 39.2. The first kappa shape index (κ1) is 17.3. The predicted octanol–water partition coefficient (Wildman–Crippen LogP) is 3.73. The molecule has 1 aromatic heterocycles. The van der Waals surface area contributed by atoms with Crippen LogP contribution in [0.5, 0.6) is 0 Å². The van der Waals surface area contributed by atoms with Crippen molar-refractivity contribution < 1.29 is 18.3 Å². The minimum atomic E-state index is -2.73. The van der Waals surface area contributed by atoms with Crippen LogP contribution < -0.4 is 5.32 Å². The van der Waals surface area contributed by atoms with Gasteiger partial charge in [-0.05, 0) is 24.0 Å². The van der Waals surface area contributed by atoms with E-state index in [0.717, 1.165) is 28.8 Å². The zero-order valence-corrected chi connectivity index (χ0v) is 14.6. The molecule has 5 nitrogen and oxygen atoms in total. The molecule has 0 spiro atoms. The van der Waals surface area contributed by atoms with Gasteiger partial charge in [-0.1, -0.05) is 25.1 Å². The fraction of sp³-hybridized carbons (Fsp3) is 0.474. The van der Waals surface area contributed by atoms with Crippen LogP contribution in [-0.4, -0.2) is 23.2 Å². The lowest BCUT2D eigenvalue weighted by atomic mass is 10.0. The predicted molar refractivity (Wildman–Crippen MR) is 92.0 cm³/mol. The number of anilines is 1. The van der Waals surface area contributed by atoms with Crippen molar-refractivity contribution in [2.75, 3.05) is 18.5 Å². The summed E-state index contributed by atoms with van der Waals surface area (Å²) in [6.07, 6.45) is 2.01. The molecule has 1 aliphatic heterocycles. The van der Waals surface area contributed by atoms with Gasteiger partial charge in [-0.15, -0.1) is 0 Å². The molecule has 7 heteroatoms. The van der Waals surface area contributed by atoms with Gasteiger partial charge in [0.15, 0.2) is 6.29 Å². The number of nitrogens with zero attached hydrogens (tertiary/aromatic N) is 2. The highest BCUT2D eigenvalue weighted by molar-refractivity contribution is 5.49. The van der Waals surface area contributed by atoms with E-state index in [2.05, 4.69) is 15.3 Å². The molecule has 1 N–H and O–H groups in total. The monoisotopic (exact) mass is 361 g/mol. The van der Waals surface area contributed by atoms with Crippen LogP contribution in [-0.2, 0) is 34.8 Å². The number of alkyl halides is 2. The van der Waals surface area contributed by atoms with Crippen molar-refractivity contribution >= 4 is 5.82 Å². The minimum absolute atomic E-state index is 0.123. The quantitative estimate of drug-likeness (QED) is 0.879. The van der Waals surface area contributed by atoms with Gasteiger partial charge in [0.1, 0.15) is 12.1 Å². The Balaban J connectivity index is 1.61. The second kappa shape index (κ2) is 6.89. The Labute approximate surface area is 150 Å². The maximum absolute atomic E-state index is 14.0. The van der Waals surface area contributed by atoms with E-state index in [0.29, 0.717) is 32.0 Å². The fourth-order valence-corrected chi connectivity index (χ4v) is 3.66. The smallest absolute Gasteiger partial charge is 0.273 e. The lowest BCUT2D eigenvalue weighted by Gasteiger charge is -2.18. The molecule has 0 atom stereocenters. The van der Waals surface area contributed by atoms with E-state index in [9.17, 15) is 8.78 Å². The first-order chi connectivity index (χ1) is 12.6. The van der Waals surface area contributed by atoms with Crippen LogP contribution in [0.4, 0.5) is 14.6 Å². The topological polar surface area (TPSA) is 56.3 Å². The summed E-state index contributed by atoms with van der Waals surface area (Å²) in [6.45, 7) is 3.49. The molecule has 0 amide bonds. The van der Waals surface area contributed by atoms with Gasteiger partial charge in [0.05, 0.1) is 24.5 Å². The number of aromatic nitrogens is 2. The van der Waals surface area contributed by atoms with E-state index in [1.807, 2.05) is 13.0 Å². The Morgan fingerprint density at radius 3 is 2.81 bits per heavy atom.